The van der Waals surface area contributed by atoms with E-state index in [2.05, 4.69) is 21.2 Å². The molecule has 5 nitrogen and oxygen atoms in total. The lowest BCUT2D eigenvalue weighted by atomic mass is 10.2. The molecule has 0 atom stereocenters. The Balaban J connectivity index is 1.88. The first-order valence-corrected chi connectivity index (χ1v) is 9.33. The predicted octanol–water partition coefficient (Wildman–Crippen LogP) is 4.41. The Morgan fingerprint density at radius 1 is 1.22 bits per heavy atom. The number of benzene rings is 1. The molecule has 2 aromatic heterocycles. The molecule has 3 aromatic rings. The van der Waals surface area contributed by atoms with Gasteiger partial charge in [-0.2, -0.15) is 10.4 Å². The number of rotatable bonds is 4. The van der Waals surface area contributed by atoms with Crippen molar-refractivity contribution in [3.63, 3.8) is 0 Å². The Morgan fingerprint density at radius 2 is 1.93 bits per heavy atom. The highest BCUT2D eigenvalue weighted by atomic mass is 32.1. The molecule has 0 fully saturated rings. The fourth-order valence-electron chi connectivity index (χ4n) is 2.94. The van der Waals surface area contributed by atoms with Crippen LogP contribution >= 0.6 is 11.3 Å². The highest BCUT2D eigenvalue weighted by Crippen LogP contribution is 2.33. The molecule has 1 N–H and O–H groups in total. The minimum absolute atomic E-state index is 0.253. The number of nitrogens with zero attached hydrogens (tertiary/aromatic N) is 3. The lowest BCUT2D eigenvalue weighted by Gasteiger charge is -2.07. The largest absolute Gasteiger partial charge is 0.308 e. The Labute approximate surface area is 162 Å². The molecule has 0 bridgehead atoms. The molecule has 1 aromatic carbocycles. The van der Waals surface area contributed by atoms with Gasteiger partial charge in [0.15, 0.2) is 0 Å². The average Bonchev–Trinajstić information content (AvgIpc) is 3.10. The summed E-state index contributed by atoms with van der Waals surface area (Å²) in [7, 11) is 0. The number of nitrogens with one attached hydrogen (secondary N) is 1. The van der Waals surface area contributed by atoms with Crippen LogP contribution in [0.4, 0.5) is 0 Å². The Bertz CT molecular complexity index is 1070. The maximum atomic E-state index is 12.1. The summed E-state index contributed by atoms with van der Waals surface area (Å²) in [5.74, 6) is -0.253. The van der Waals surface area contributed by atoms with Crippen molar-refractivity contribution in [1.29, 1.82) is 5.26 Å². The van der Waals surface area contributed by atoms with Gasteiger partial charge in [0.1, 0.15) is 11.1 Å². The number of nitriles is 1. The Kier molecular flexibility index (Phi) is 5.24. The van der Waals surface area contributed by atoms with Gasteiger partial charge in [0.05, 0.1) is 11.8 Å². The van der Waals surface area contributed by atoms with Crippen LogP contribution in [0.3, 0.4) is 0 Å². The maximum Gasteiger partial charge on any atom is 0.271 e. The minimum atomic E-state index is -0.253. The van der Waals surface area contributed by atoms with Crippen molar-refractivity contribution in [2.75, 3.05) is 0 Å². The second kappa shape index (κ2) is 7.60. The normalized spacial score (nSPS) is 10.9. The zero-order valence-electron chi connectivity index (χ0n) is 15.7. The van der Waals surface area contributed by atoms with Crippen molar-refractivity contribution in [3.05, 3.63) is 74.9 Å². The summed E-state index contributed by atoms with van der Waals surface area (Å²) in [4.78, 5) is 13.2. The van der Waals surface area contributed by atoms with Crippen LogP contribution < -0.4 is 5.43 Å². The Hall–Kier alpha value is -3.17. The van der Waals surface area contributed by atoms with E-state index in [1.807, 2.05) is 52.0 Å². The maximum absolute atomic E-state index is 12.1. The minimum Gasteiger partial charge on any atom is -0.308 e. The summed E-state index contributed by atoms with van der Waals surface area (Å²) in [6.07, 6.45) is 1.64. The molecule has 1 amide bonds. The van der Waals surface area contributed by atoms with Crippen LogP contribution in [0.1, 0.15) is 43.3 Å². The van der Waals surface area contributed by atoms with Crippen LogP contribution in [0, 0.1) is 39.0 Å². The number of thiophene rings is 1. The first kappa shape index (κ1) is 18.6. The summed E-state index contributed by atoms with van der Waals surface area (Å²) in [6, 6.07) is 13.3. The fraction of sp³-hybridized carbons (Fsp3) is 0.190. The smallest absolute Gasteiger partial charge is 0.271 e. The lowest BCUT2D eigenvalue weighted by Crippen LogP contribution is -2.17. The van der Waals surface area contributed by atoms with E-state index in [-0.39, 0.29) is 5.91 Å². The molecule has 136 valence electrons. The molecule has 0 aliphatic carbocycles. The topological polar surface area (TPSA) is 70.2 Å². The van der Waals surface area contributed by atoms with E-state index in [9.17, 15) is 10.1 Å². The van der Waals surface area contributed by atoms with Gasteiger partial charge in [-0.25, -0.2) is 5.43 Å². The first-order valence-electron chi connectivity index (χ1n) is 8.52. The monoisotopic (exact) mass is 376 g/mol. The van der Waals surface area contributed by atoms with Crippen molar-refractivity contribution in [3.8, 4) is 11.1 Å². The van der Waals surface area contributed by atoms with Gasteiger partial charge in [-0.1, -0.05) is 18.2 Å². The van der Waals surface area contributed by atoms with Crippen LogP contribution in [0.5, 0.6) is 0 Å². The number of hydrazone groups is 1. The van der Waals surface area contributed by atoms with Crippen LogP contribution in [0.15, 0.2) is 41.5 Å². The zero-order chi connectivity index (χ0) is 19.6. The van der Waals surface area contributed by atoms with Crippen molar-refractivity contribution in [2.45, 2.75) is 27.7 Å². The molecule has 0 aliphatic rings. The van der Waals surface area contributed by atoms with E-state index >= 15 is 0 Å². The summed E-state index contributed by atoms with van der Waals surface area (Å²) >= 11 is 1.61. The summed E-state index contributed by atoms with van der Waals surface area (Å²) in [5.41, 5.74) is 7.73. The molecular weight excluding hydrogens is 356 g/mol. The van der Waals surface area contributed by atoms with E-state index in [1.54, 1.807) is 29.7 Å². The Morgan fingerprint density at radius 3 is 2.59 bits per heavy atom. The number of aromatic nitrogens is 1. The van der Waals surface area contributed by atoms with Crippen molar-refractivity contribution in [2.24, 2.45) is 5.10 Å². The molecule has 3 rings (SSSR count). The molecule has 0 radical (unpaired) electrons. The number of hydrogen-bond acceptors (Lipinski definition) is 4. The van der Waals surface area contributed by atoms with E-state index in [0.29, 0.717) is 11.1 Å². The number of carbonyl (C=O) groups is 1. The first-order chi connectivity index (χ1) is 12.9. The van der Waals surface area contributed by atoms with Crippen molar-refractivity contribution >= 4 is 23.5 Å². The number of hydrogen-bond donors (Lipinski definition) is 1. The van der Waals surface area contributed by atoms with Crippen LogP contribution in [-0.2, 0) is 0 Å². The van der Waals surface area contributed by atoms with Gasteiger partial charge in [-0.3, -0.25) is 4.79 Å². The van der Waals surface area contributed by atoms with Crippen LogP contribution in [0.25, 0.3) is 5.00 Å². The second-order valence-corrected chi connectivity index (χ2v) is 7.51. The van der Waals surface area contributed by atoms with Crippen LogP contribution in [-0.4, -0.2) is 16.7 Å². The third-order valence-electron chi connectivity index (χ3n) is 4.56. The quantitative estimate of drug-likeness (QED) is 0.541. The zero-order valence-corrected chi connectivity index (χ0v) is 16.5. The lowest BCUT2D eigenvalue weighted by molar-refractivity contribution is 0.0955. The third kappa shape index (κ3) is 3.55. The highest BCUT2D eigenvalue weighted by Gasteiger charge is 2.18. The van der Waals surface area contributed by atoms with Crippen molar-refractivity contribution in [1.82, 2.24) is 9.99 Å². The van der Waals surface area contributed by atoms with Gasteiger partial charge in [-0.15, -0.1) is 11.3 Å². The van der Waals surface area contributed by atoms with Crippen molar-refractivity contribution < 1.29 is 4.79 Å². The van der Waals surface area contributed by atoms with Gasteiger partial charge in [0.2, 0.25) is 0 Å². The van der Waals surface area contributed by atoms with Gasteiger partial charge >= 0.3 is 0 Å². The summed E-state index contributed by atoms with van der Waals surface area (Å²) in [5, 5.41) is 14.6. The standard InChI is InChI=1S/C21H20N4OS/c1-13-10-18(12-23-24-20(26)17-8-6-5-7-9-17)15(3)25(13)21-19(11-22)14(2)16(4)27-21/h5-10,12H,1-4H3,(H,24,26)/b23-12+. The molecule has 0 unspecified atom stereocenters. The molecule has 6 heteroatoms. The molecule has 27 heavy (non-hydrogen) atoms. The second-order valence-electron chi connectivity index (χ2n) is 6.30. The molecule has 0 spiro atoms. The molecule has 0 saturated carbocycles. The van der Waals surface area contributed by atoms with E-state index in [0.717, 1.165) is 32.4 Å². The van der Waals surface area contributed by atoms with Gasteiger partial charge in [0.25, 0.3) is 5.91 Å². The van der Waals surface area contributed by atoms with Gasteiger partial charge < -0.3 is 4.57 Å². The predicted molar refractivity (Wildman–Crippen MR) is 109 cm³/mol. The summed E-state index contributed by atoms with van der Waals surface area (Å²) < 4.78 is 2.07. The number of carbonyl (C=O) groups excluding carboxylic acids is 1. The fourth-order valence-corrected chi connectivity index (χ4v) is 4.16. The van der Waals surface area contributed by atoms with Crippen LogP contribution in [0.2, 0.25) is 0 Å². The molecule has 0 saturated heterocycles. The highest BCUT2D eigenvalue weighted by molar-refractivity contribution is 7.14. The average molecular weight is 376 g/mol. The van der Waals surface area contributed by atoms with E-state index in [1.165, 1.54) is 0 Å². The summed E-state index contributed by atoms with van der Waals surface area (Å²) in [6.45, 7) is 7.99. The van der Waals surface area contributed by atoms with Gasteiger partial charge in [-0.05, 0) is 51.5 Å². The number of aryl methyl sites for hydroxylation is 2. The number of amides is 1. The van der Waals surface area contributed by atoms with E-state index in [4.69, 9.17) is 0 Å². The molecular formula is C21H20N4OS. The third-order valence-corrected chi connectivity index (χ3v) is 5.75. The SMILES string of the molecule is Cc1sc(-n2c(C)cc(/C=N/NC(=O)c3ccccc3)c2C)c(C#N)c1C. The van der Waals surface area contributed by atoms with Gasteiger partial charge in [0, 0.05) is 27.4 Å². The molecule has 0 aliphatic heterocycles. The molecule has 2 heterocycles. The van der Waals surface area contributed by atoms with E-state index < -0.39 is 0 Å².